The Morgan fingerprint density at radius 1 is 1.08 bits per heavy atom. The van der Waals surface area contributed by atoms with Gasteiger partial charge in [0, 0.05) is 5.92 Å². The summed E-state index contributed by atoms with van der Waals surface area (Å²) in [6, 6.07) is 18.9. The number of cyclic esters (lactones) is 1. The molecule has 3 unspecified atom stereocenters. The summed E-state index contributed by atoms with van der Waals surface area (Å²) in [5.74, 6) is -1.79. The average molecular weight is 320 g/mol. The lowest BCUT2D eigenvalue weighted by Crippen LogP contribution is -2.45. The van der Waals surface area contributed by atoms with E-state index in [4.69, 9.17) is 4.74 Å². The van der Waals surface area contributed by atoms with Crippen molar-refractivity contribution in [1.29, 1.82) is 0 Å². The predicted molar refractivity (Wildman–Crippen MR) is 92.4 cm³/mol. The first-order chi connectivity index (χ1) is 11.5. The van der Waals surface area contributed by atoms with E-state index in [0.717, 1.165) is 11.1 Å². The number of hydrogen-bond donors (Lipinski definition) is 0. The Kier molecular flexibility index (Phi) is 4.34. The van der Waals surface area contributed by atoms with Gasteiger partial charge in [-0.2, -0.15) is 0 Å². The van der Waals surface area contributed by atoms with Gasteiger partial charge in [-0.25, -0.2) is 0 Å². The summed E-state index contributed by atoms with van der Waals surface area (Å²) in [6.07, 6.45) is 1.83. The fourth-order valence-corrected chi connectivity index (χ4v) is 3.33. The lowest BCUT2D eigenvalue weighted by molar-refractivity contribution is -0.177. The smallest absolute Gasteiger partial charge is 0.318 e. The van der Waals surface area contributed by atoms with Gasteiger partial charge in [0.15, 0.2) is 5.78 Å². The number of Topliss-reactive ketones (excluding diaryl/α,β-unsaturated/α-hetero) is 1. The third-order valence-electron chi connectivity index (χ3n) is 4.62. The van der Waals surface area contributed by atoms with Crippen molar-refractivity contribution >= 4 is 11.8 Å². The summed E-state index contributed by atoms with van der Waals surface area (Å²) >= 11 is 0. The molecule has 0 bridgehead atoms. The topological polar surface area (TPSA) is 43.4 Å². The van der Waals surface area contributed by atoms with Crippen LogP contribution in [0, 0.1) is 5.92 Å². The monoisotopic (exact) mass is 320 g/mol. The van der Waals surface area contributed by atoms with E-state index in [0.29, 0.717) is 0 Å². The van der Waals surface area contributed by atoms with Gasteiger partial charge in [0.25, 0.3) is 0 Å². The third kappa shape index (κ3) is 2.90. The molecule has 0 radical (unpaired) electrons. The van der Waals surface area contributed by atoms with Crippen LogP contribution in [0.3, 0.4) is 0 Å². The van der Waals surface area contributed by atoms with Crippen molar-refractivity contribution < 1.29 is 14.3 Å². The van der Waals surface area contributed by atoms with Gasteiger partial charge in [0.2, 0.25) is 0 Å². The number of carbonyl (C=O) groups excluding carboxylic acids is 2. The van der Waals surface area contributed by atoms with Crippen LogP contribution in [-0.2, 0) is 19.9 Å². The molecule has 3 rings (SSSR count). The highest BCUT2D eigenvalue weighted by molar-refractivity contribution is 6.03. The van der Waals surface area contributed by atoms with Crippen molar-refractivity contribution in [1.82, 2.24) is 0 Å². The number of hydrogen-bond acceptors (Lipinski definition) is 3. The predicted octanol–water partition coefficient (Wildman–Crippen LogP) is 4.00. The number of benzene rings is 2. The molecule has 1 aliphatic rings. The molecule has 0 saturated carbocycles. The Balaban J connectivity index is 1.90. The zero-order valence-electron chi connectivity index (χ0n) is 13.6. The number of ether oxygens (including phenoxy) is 1. The lowest BCUT2D eigenvalue weighted by atomic mass is 9.76. The summed E-state index contributed by atoms with van der Waals surface area (Å²) in [5, 5.41) is 0. The second kappa shape index (κ2) is 6.44. The van der Waals surface area contributed by atoms with Crippen molar-refractivity contribution in [2.24, 2.45) is 5.92 Å². The minimum Gasteiger partial charge on any atom is -0.453 e. The van der Waals surface area contributed by atoms with E-state index in [2.05, 4.69) is 6.58 Å². The van der Waals surface area contributed by atoms with Gasteiger partial charge < -0.3 is 4.74 Å². The van der Waals surface area contributed by atoms with Crippen LogP contribution in [0.25, 0.3) is 0 Å². The SMILES string of the molecule is C=CC(c1ccccc1)C1C(=O)CC(C)(c2ccccc2)OC1=O. The second-order valence-corrected chi connectivity index (χ2v) is 6.31. The molecular weight excluding hydrogens is 300 g/mol. The molecule has 2 aromatic carbocycles. The molecule has 1 fully saturated rings. The van der Waals surface area contributed by atoms with Gasteiger partial charge in [0.1, 0.15) is 11.5 Å². The number of esters is 1. The quantitative estimate of drug-likeness (QED) is 0.486. The first kappa shape index (κ1) is 16.2. The van der Waals surface area contributed by atoms with Crippen LogP contribution in [0.4, 0.5) is 0 Å². The molecule has 0 N–H and O–H groups in total. The van der Waals surface area contributed by atoms with Gasteiger partial charge in [-0.05, 0) is 18.1 Å². The third-order valence-corrected chi connectivity index (χ3v) is 4.62. The first-order valence-electron chi connectivity index (χ1n) is 8.04. The van der Waals surface area contributed by atoms with Gasteiger partial charge in [-0.3, -0.25) is 9.59 Å². The Morgan fingerprint density at radius 2 is 1.67 bits per heavy atom. The summed E-state index contributed by atoms with van der Waals surface area (Å²) in [6.45, 7) is 5.61. The number of rotatable bonds is 4. The Morgan fingerprint density at radius 3 is 2.21 bits per heavy atom. The molecule has 0 spiro atoms. The molecular formula is C21H20O3. The van der Waals surface area contributed by atoms with Crippen LogP contribution in [-0.4, -0.2) is 11.8 Å². The molecule has 1 aliphatic heterocycles. The van der Waals surface area contributed by atoms with E-state index in [1.165, 1.54) is 0 Å². The summed E-state index contributed by atoms with van der Waals surface area (Å²) in [7, 11) is 0. The van der Waals surface area contributed by atoms with Crippen molar-refractivity contribution in [2.45, 2.75) is 24.9 Å². The first-order valence-corrected chi connectivity index (χ1v) is 8.04. The van der Waals surface area contributed by atoms with Crippen LogP contribution < -0.4 is 0 Å². The molecule has 1 saturated heterocycles. The van der Waals surface area contributed by atoms with Crippen LogP contribution >= 0.6 is 0 Å². The van der Waals surface area contributed by atoms with E-state index < -0.39 is 17.5 Å². The fourth-order valence-electron chi connectivity index (χ4n) is 3.33. The second-order valence-electron chi connectivity index (χ2n) is 6.31. The van der Waals surface area contributed by atoms with E-state index in [9.17, 15) is 9.59 Å². The molecule has 2 aromatic rings. The van der Waals surface area contributed by atoms with Crippen LogP contribution in [0.15, 0.2) is 73.3 Å². The molecule has 3 heteroatoms. The zero-order chi connectivity index (χ0) is 17.2. The maximum absolute atomic E-state index is 12.8. The molecule has 0 amide bonds. The van der Waals surface area contributed by atoms with Crippen LogP contribution in [0.5, 0.6) is 0 Å². The maximum Gasteiger partial charge on any atom is 0.318 e. The highest BCUT2D eigenvalue weighted by atomic mass is 16.6. The van der Waals surface area contributed by atoms with Gasteiger partial charge in [-0.15, -0.1) is 6.58 Å². The summed E-state index contributed by atoms with van der Waals surface area (Å²) in [5.41, 5.74) is 0.819. The van der Waals surface area contributed by atoms with Crippen molar-refractivity contribution in [3.8, 4) is 0 Å². The van der Waals surface area contributed by atoms with Crippen molar-refractivity contribution in [2.75, 3.05) is 0 Å². The van der Waals surface area contributed by atoms with Crippen molar-refractivity contribution in [3.05, 3.63) is 84.4 Å². The highest BCUT2D eigenvalue weighted by Gasteiger charge is 2.47. The lowest BCUT2D eigenvalue weighted by Gasteiger charge is -2.38. The van der Waals surface area contributed by atoms with Gasteiger partial charge in [-0.1, -0.05) is 66.7 Å². The Labute approximate surface area is 142 Å². The molecule has 3 nitrogen and oxygen atoms in total. The molecule has 1 heterocycles. The van der Waals surface area contributed by atoms with E-state index >= 15 is 0 Å². The van der Waals surface area contributed by atoms with E-state index in [1.807, 2.05) is 60.7 Å². The van der Waals surface area contributed by atoms with Gasteiger partial charge >= 0.3 is 5.97 Å². The number of allylic oxidation sites excluding steroid dienone is 1. The minimum atomic E-state index is -0.908. The molecule has 122 valence electrons. The maximum atomic E-state index is 12.8. The van der Waals surface area contributed by atoms with E-state index in [-0.39, 0.29) is 18.1 Å². The fraction of sp³-hybridized carbons (Fsp3) is 0.238. The standard InChI is InChI=1S/C21H20O3/c1-3-17(15-10-6-4-7-11-15)19-18(22)14-21(2,24-20(19)23)16-12-8-5-9-13-16/h3-13,17,19H,1,14H2,2H3. The molecule has 3 atom stereocenters. The highest BCUT2D eigenvalue weighted by Crippen LogP contribution is 2.40. The number of carbonyl (C=O) groups is 2. The van der Waals surface area contributed by atoms with Crippen molar-refractivity contribution in [3.63, 3.8) is 0 Å². The zero-order valence-corrected chi connectivity index (χ0v) is 13.6. The average Bonchev–Trinajstić information content (AvgIpc) is 2.59. The molecule has 0 aliphatic carbocycles. The summed E-state index contributed by atoms with van der Waals surface area (Å²) in [4.78, 5) is 25.5. The van der Waals surface area contributed by atoms with E-state index in [1.54, 1.807) is 13.0 Å². The van der Waals surface area contributed by atoms with Gasteiger partial charge in [0.05, 0.1) is 6.42 Å². The minimum absolute atomic E-state index is 0.105. The largest absolute Gasteiger partial charge is 0.453 e. The Hall–Kier alpha value is -2.68. The van der Waals surface area contributed by atoms with Crippen LogP contribution in [0.2, 0.25) is 0 Å². The normalized spacial score (nSPS) is 25.0. The molecule has 0 aromatic heterocycles. The molecule has 24 heavy (non-hydrogen) atoms. The Bertz CT molecular complexity index is 731. The number of ketones is 1. The summed E-state index contributed by atoms with van der Waals surface area (Å²) < 4.78 is 5.74. The van der Waals surface area contributed by atoms with Crippen LogP contribution in [0.1, 0.15) is 30.4 Å².